The van der Waals surface area contributed by atoms with Crippen molar-refractivity contribution in [3.8, 4) is 6.07 Å². The molecule has 2 rings (SSSR count). The zero-order chi connectivity index (χ0) is 23.2. The molecule has 0 bridgehead atoms. The quantitative estimate of drug-likeness (QED) is 0.461. The Morgan fingerprint density at radius 2 is 2.00 bits per heavy atom. The molecule has 1 amide bonds. The predicted molar refractivity (Wildman–Crippen MR) is 118 cm³/mol. The van der Waals surface area contributed by atoms with Gasteiger partial charge in [0.1, 0.15) is 23.9 Å². The lowest BCUT2D eigenvalue weighted by molar-refractivity contribution is -0.00177. The fourth-order valence-electron chi connectivity index (χ4n) is 2.40. The molecule has 0 saturated carbocycles. The molecule has 2 aromatic rings. The second-order valence-corrected chi connectivity index (χ2v) is 8.42. The molecule has 10 heteroatoms. The number of aliphatic hydroxyl groups is 1. The second kappa shape index (κ2) is 10.4. The number of carbonyl (C=O) groups excluding carboxylic acids is 1. The van der Waals surface area contributed by atoms with Gasteiger partial charge in [0.2, 0.25) is 0 Å². The predicted octanol–water partition coefficient (Wildman–Crippen LogP) is 3.65. The molecule has 31 heavy (non-hydrogen) atoms. The maximum Gasteiger partial charge on any atom is 0.255 e. The highest BCUT2D eigenvalue weighted by molar-refractivity contribution is 6.33. The van der Waals surface area contributed by atoms with Gasteiger partial charge >= 0.3 is 0 Å². The first-order chi connectivity index (χ1) is 14.5. The van der Waals surface area contributed by atoms with Gasteiger partial charge in [0.05, 0.1) is 34.0 Å². The third-order valence-corrected chi connectivity index (χ3v) is 4.56. The first-order valence-electron chi connectivity index (χ1n) is 9.72. The molecular weight excluding hydrogens is 423 g/mol. The van der Waals surface area contributed by atoms with Crippen molar-refractivity contribution >= 4 is 34.8 Å². The SMILES string of the molecule is CC(C)CNc1cc(Nc2ncc(C#N)cc2Cl)ncc1C(=O)NCC(F)C(C)(C)O. The van der Waals surface area contributed by atoms with Crippen molar-refractivity contribution < 1.29 is 14.3 Å². The Labute approximate surface area is 185 Å². The Hall–Kier alpha value is -2.96. The highest BCUT2D eigenvalue weighted by Gasteiger charge is 2.27. The van der Waals surface area contributed by atoms with Crippen LogP contribution in [0.2, 0.25) is 5.02 Å². The Balaban J connectivity index is 2.24. The average Bonchev–Trinajstić information content (AvgIpc) is 2.71. The molecule has 166 valence electrons. The highest BCUT2D eigenvalue weighted by Crippen LogP contribution is 2.26. The van der Waals surface area contributed by atoms with Crippen molar-refractivity contribution in [3.05, 3.63) is 40.7 Å². The molecule has 4 N–H and O–H groups in total. The van der Waals surface area contributed by atoms with Crippen LogP contribution in [0.1, 0.15) is 43.6 Å². The van der Waals surface area contributed by atoms with Gasteiger partial charge in [0, 0.05) is 25.0 Å². The van der Waals surface area contributed by atoms with Crippen molar-refractivity contribution in [3.63, 3.8) is 0 Å². The van der Waals surface area contributed by atoms with E-state index < -0.39 is 17.7 Å². The van der Waals surface area contributed by atoms with Gasteiger partial charge in [-0.15, -0.1) is 0 Å². The summed E-state index contributed by atoms with van der Waals surface area (Å²) in [5.41, 5.74) is -0.516. The van der Waals surface area contributed by atoms with E-state index in [0.29, 0.717) is 35.3 Å². The molecule has 0 aliphatic heterocycles. The van der Waals surface area contributed by atoms with Gasteiger partial charge < -0.3 is 21.1 Å². The summed E-state index contributed by atoms with van der Waals surface area (Å²) < 4.78 is 14.0. The van der Waals surface area contributed by atoms with Crippen LogP contribution in [-0.2, 0) is 0 Å². The summed E-state index contributed by atoms with van der Waals surface area (Å²) in [6.07, 6.45) is 1.11. The Bertz CT molecular complexity index is 971. The van der Waals surface area contributed by atoms with E-state index in [1.807, 2.05) is 19.9 Å². The summed E-state index contributed by atoms with van der Waals surface area (Å²) in [7, 11) is 0. The van der Waals surface area contributed by atoms with Crippen LogP contribution in [-0.4, -0.2) is 45.8 Å². The number of hydrogen-bond acceptors (Lipinski definition) is 7. The number of hydrogen-bond donors (Lipinski definition) is 4. The molecule has 2 aromatic heterocycles. The maximum atomic E-state index is 14.0. The smallest absolute Gasteiger partial charge is 0.255 e. The van der Waals surface area contributed by atoms with E-state index >= 15 is 0 Å². The van der Waals surface area contributed by atoms with E-state index in [0.717, 1.165) is 0 Å². The molecule has 1 atom stereocenters. The fraction of sp³-hybridized carbons (Fsp3) is 0.429. The van der Waals surface area contributed by atoms with Gasteiger partial charge in [-0.05, 0) is 25.8 Å². The van der Waals surface area contributed by atoms with Crippen molar-refractivity contribution in [1.82, 2.24) is 15.3 Å². The standard InChI is InChI=1S/C21H26ClFN6O2/c1-12(2)8-25-16-6-18(29-19-15(22)5-13(7-24)9-27-19)26-10-14(16)20(30)28-11-17(23)21(3,4)31/h5-6,9-10,12,17,31H,8,11H2,1-4H3,(H,28,30)(H2,25,26,27,29). The van der Waals surface area contributed by atoms with Gasteiger partial charge in [-0.2, -0.15) is 5.26 Å². The second-order valence-electron chi connectivity index (χ2n) is 8.01. The zero-order valence-electron chi connectivity index (χ0n) is 17.8. The minimum atomic E-state index is -1.62. The lowest BCUT2D eigenvalue weighted by Crippen LogP contribution is -2.42. The molecule has 0 saturated heterocycles. The first-order valence-corrected chi connectivity index (χ1v) is 10.1. The van der Waals surface area contributed by atoms with Crippen LogP contribution in [0.3, 0.4) is 0 Å². The Kier molecular flexibility index (Phi) is 8.14. The van der Waals surface area contributed by atoms with Crippen molar-refractivity contribution in [2.45, 2.75) is 39.5 Å². The minimum absolute atomic E-state index is 0.230. The number of anilines is 3. The van der Waals surface area contributed by atoms with Crippen molar-refractivity contribution in [2.75, 3.05) is 23.7 Å². The maximum absolute atomic E-state index is 14.0. The number of nitrogens with one attached hydrogen (secondary N) is 3. The Morgan fingerprint density at radius 1 is 1.29 bits per heavy atom. The molecule has 2 heterocycles. The topological polar surface area (TPSA) is 123 Å². The molecule has 0 fully saturated rings. The summed E-state index contributed by atoms with van der Waals surface area (Å²) in [6, 6.07) is 5.06. The average molecular weight is 449 g/mol. The largest absolute Gasteiger partial charge is 0.387 e. The zero-order valence-corrected chi connectivity index (χ0v) is 18.6. The molecule has 0 spiro atoms. The molecule has 0 aliphatic rings. The first kappa shape index (κ1) is 24.3. The van der Waals surface area contributed by atoms with Gasteiger partial charge in [0.15, 0.2) is 0 Å². The molecule has 0 radical (unpaired) electrons. The van der Waals surface area contributed by atoms with Crippen LogP contribution < -0.4 is 16.0 Å². The monoisotopic (exact) mass is 448 g/mol. The van der Waals surface area contributed by atoms with Crippen molar-refractivity contribution in [1.29, 1.82) is 5.26 Å². The number of carbonyl (C=O) groups is 1. The van der Waals surface area contributed by atoms with E-state index in [-0.39, 0.29) is 17.1 Å². The van der Waals surface area contributed by atoms with E-state index in [1.165, 1.54) is 32.3 Å². The molecule has 0 aromatic carbocycles. The van der Waals surface area contributed by atoms with Gasteiger partial charge in [-0.25, -0.2) is 14.4 Å². The van der Waals surface area contributed by atoms with Crippen LogP contribution in [0.15, 0.2) is 24.5 Å². The molecule has 0 aliphatic carbocycles. The number of rotatable bonds is 9. The molecule has 1 unspecified atom stereocenters. The lowest BCUT2D eigenvalue weighted by atomic mass is 10.0. The van der Waals surface area contributed by atoms with E-state index in [4.69, 9.17) is 16.9 Å². The van der Waals surface area contributed by atoms with Crippen LogP contribution in [0.5, 0.6) is 0 Å². The van der Waals surface area contributed by atoms with Crippen LogP contribution in [0, 0.1) is 17.2 Å². The van der Waals surface area contributed by atoms with Crippen molar-refractivity contribution in [2.24, 2.45) is 5.92 Å². The minimum Gasteiger partial charge on any atom is -0.387 e. The number of pyridine rings is 2. The van der Waals surface area contributed by atoms with Gasteiger partial charge in [-0.3, -0.25) is 4.79 Å². The third kappa shape index (κ3) is 7.05. The number of aromatic nitrogens is 2. The van der Waals surface area contributed by atoms with Crippen LogP contribution in [0.25, 0.3) is 0 Å². The normalized spacial score (nSPS) is 12.2. The third-order valence-electron chi connectivity index (χ3n) is 4.27. The van der Waals surface area contributed by atoms with Gasteiger partial charge in [-0.1, -0.05) is 25.4 Å². The summed E-state index contributed by atoms with van der Waals surface area (Å²) >= 11 is 6.15. The lowest BCUT2D eigenvalue weighted by Gasteiger charge is -2.22. The Morgan fingerprint density at radius 3 is 2.58 bits per heavy atom. The number of nitriles is 1. The highest BCUT2D eigenvalue weighted by atomic mass is 35.5. The van der Waals surface area contributed by atoms with E-state index in [9.17, 15) is 14.3 Å². The van der Waals surface area contributed by atoms with E-state index in [1.54, 1.807) is 6.07 Å². The molecular formula is C21H26ClFN6O2. The summed E-state index contributed by atoms with van der Waals surface area (Å²) in [5.74, 6) is 0.472. The number of alkyl halides is 1. The molecule has 8 nitrogen and oxygen atoms in total. The number of amides is 1. The van der Waals surface area contributed by atoms with Gasteiger partial charge in [0.25, 0.3) is 5.91 Å². The van der Waals surface area contributed by atoms with Crippen LogP contribution >= 0.6 is 11.6 Å². The summed E-state index contributed by atoms with van der Waals surface area (Å²) in [5, 5.41) is 27.5. The summed E-state index contributed by atoms with van der Waals surface area (Å²) in [6.45, 7) is 6.97. The number of halogens is 2. The van der Waals surface area contributed by atoms with E-state index in [2.05, 4.69) is 25.9 Å². The van der Waals surface area contributed by atoms with Crippen LogP contribution in [0.4, 0.5) is 21.7 Å². The fourth-order valence-corrected chi connectivity index (χ4v) is 2.62. The number of nitrogens with zero attached hydrogens (tertiary/aromatic N) is 3. The summed E-state index contributed by atoms with van der Waals surface area (Å²) in [4.78, 5) is 20.9.